The fourth-order valence-corrected chi connectivity index (χ4v) is 1.21. The fourth-order valence-electron chi connectivity index (χ4n) is 1.21. The van der Waals surface area contributed by atoms with Crippen molar-refractivity contribution in [2.24, 2.45) is 11.8 Å². The molecule has 84 valence electrons. The number of hydrazine groups is 1. The van der Waals surface area contributed by atoms with Gasteiger partial charge in [-0.05, 0) is 24.5 Å². The maximum atomic E-state index is 8.75. The minimum atomic E-state index is 0.223. The van der Waals surface area contributed by atoms with Crippen LogP contribution >= 0.6 is 0 Å². The first-order valence-corrected chi connectivity index (χ1v) is 5.04. The Labute approximate surface area is 89.7 Å². The zero-order valence-electron chi connectivity index (χ0n) is 8.90. The first-order valence-electron chi connectivity index (χ1n) is 5.04. The Kier molecular flexibility index (Phi) is 4.86. The van der Waals surface area contributed by atoms with Gasteiger partial charge in [0.15, 0.2) is 0 Å². The molecule has 1 rings (SSSR count). The van der Waals surface area contributed by atoms with Crippen LogP contribution in [0, 0.1) is 5.92 Å². The van der Waals surface area contributed by atoms with Gasteiger partial charge in [-0.1, -0.05) is 13.0 Å². The summed E-state index contributed by atoms with van der Waals surface area (Å²) in [4.78, 5) is 4.21. The number of hydrogen-bond acceptors (Lipinski definition) is 5. The van der Waals surface area contributed by atoms with E-state index < -0.39 is 0 Å². The van der Waals surface area contributed by atoms with E-state index in [0.29, 0.717) is 11.7 Å². The molecule has 1 heterocycles. The van der Waals surface area contributed by atoms with Gasteiger partial charge in [0.1, 0.15) is 11.6 Å². The molecule has 5 heteroatoms. The first kappa shape index (κ1) is 11.7. The Morgan fingerprint density at radius 1 is 1.47 bits per heavy atom. The predicted octanol–water partition coefficient (Wildman–Crippen LogP) is 0.798. The van der Waals surface area contributed by atoms with Gasteiger partial charge in [0.05, 0.1) is 0 Å². The molecule has 1 aromatic rings. The molecule has 0 aliphatic carbocycles. The molecule has 0 amide bonds. The summed E-state index contributed by atoms with van der Waals surface area (Å²) in [7, 11) is 0. The molecular weight excluding hydrogens is 192 g/mol. The van der Waals surface area contributed by atoms with Crippen LogP contribution in [-0.2, 0) is 0 Å². The molecule has 0 bridgehead atoms. The summed E-state index contributed by atoms with van der Waals surface area (Å²) in [6.45, 7) is 3.09. The average Bonchev–Trinajstić information content (AvgIpc) is 2.27. The quantitative estimate of drug-likeness (QED) is 0.412. The highest BCUT2D eigenvalue weighted by molar-refractivity contribution is 5.44. The minimum Gasteiger partial charge on any atom is -0.396 e. The van der Waals surface area contributed by atoms with Crippen LogP contribution in [0.2, 0.25) is 0 Å². The molecule has 0 aliphatic rings. The highest BCUT2D eigenvalue weighted by atomic mass is 16.3. The number of hydrogen-bond donors (Lipinski definition) is 4. The molecule has 1 unspecified atom stereocenters. The van der Waals surface area contributed by atoms with Gasteiger partial charge in [-0.3, -0.25) is 0 Å². The van der Waals surface area contributed by atoms with E-state index in [0.717, 1.165) is 18.8 Å². The Morgan fingerprint density at radius 2 is 2.20 bits per heavy atom. The van der Waals surface area contributed by atoms with Crippen LogP contribution < -0.4 is 16.6 Å². The number of nitrogens with zero attached hydrogens (tertiary/aromatic N) is 1. The standard InChI is InChI=1S/C10H18N4O/c1-8(5-6-15)7-12-9-3-2-4-10(13-9)14-11/h2-4,8,15H,5-7,11H2,1H3,(H2,12,13,14). The molecule has 5 N–H and O–H groups in total. The van der Waals surface area contributed by atoms with Crippen LogP contribution in [0.25, 0.3) is 0 Å². The van der Waals surface area contributed by atoms with Gasteiger partial charge in [0.2, 0.25) is 0 Å². The van der Waals surface area contributed by atoms with Crippen LogP contribution in [0.15, 0.2) is 18.2 Å². The molecule has 0 spiro atoms. The van der Waals surface area contributed by atoms with E-state index in [2.05, 4.69) is 22.7 Å². The Morgan fingerprint density at radius 3 is 2.87 bits per heavy atom. The van der Waals surface area contributed by atoms with E-state index in [1.54, 1.807) is 6.07 Å². The molecule has 5 nitrogen and oxygen atoms in total. The van der Waals surface area contributed by atoms with Crippen molar-refractivity contribution in [3.05, 3.63) is 18.2 Å². The third kappa shape index (κ3) is 4.14. The summed E-state index contributed by atoms with van der Waals surface area (Å²) < 4.78 is 0. The zero-order valence-corrected chi connectivity index (χ0v) is 8.90. The largest absolute Gasteiger partial charge is 0.396 e. The summed E-state index contributed by atoms with van der Waals surface area (Å²) >= 11 is 0. The lowest BCUT2D eigenvalue weighted by Crippen LogP contribution is -2.14. The highest BCUT2D eigenvalue weighted by Gasteiger charge is 2.01. The summed E-state index contributed by atoms with van der Waals surface area (Å²) in [5, 5.41) is 11.9. The third-order valence-electron chi connectivity index (χ3n) is 2.15. The van der Waals surface area contributed by atoms with Crippen molar-refractivity contribution >= 4 is 11.6 Å². The lowest BCUT2D eigenvalue weighted by atomic mass is 10.1. The fraction of sp³-hybridized carbons (Fsp3) is 0.500. The number of aromatic nitrogens is 1. The minimum absolute atomic E-state index is 0.223. The van der Waals surface area contributed by atoms with Crippen LogP contribution in [0.5, 0.6) is 0 Å². The summed E-state index contributed by atoms with van der Waals surface area (Å²) in [6.07, 6.45) is 0.793. The molecule has 1 aromatic heterocycles. The zero-order chi connectivity index (χ0) is 11.1. The monoisotopic (exact) mass is 210 g/mol. The molecule has 0 radical (unpaired) electrons. The summed E-state index contributed by atoms with van der Waals surface area (Å²) in [6, 6.07) is 5.55. The lowest BCUT2D eigenvalue weighted by molar-refractivity contribution is 0.266. The van der Waals surface area contributed by atoms with Crippen molar-refractivity contribution in [3.8, 4) is 0 Å². The van der Waals surface area contributed by atoms with Crippen LogP contribution in [0.1, 0.15) is 13.3 Å². The molecule has 0 aliphatic heterocycles. The predicted molar refractivity (Wildman–Crippen MR) is 61.4 cm³/mol. The van der Waals surface area contributed by atoms with Crippen molar-refractivity contribution < 1.29 is 5.11 Å². The van der Waals surface area contributed by atoms with E-state index in [1.807, 2.05) is 12.1 Å². The first-order chi connectivity index (χ1) is 7.26. The van der Waals surface area contributed by atoms with Crippen molar-refractivity contribution in [1.29, 1.82) is 0 Å². The van der Waals surface area contributed by atoms with Crippen LogP contribution in [0.3, 0.4) is 0 Å². The number of nitrogen functional groups attached to an aromatic ring is 1. The summed E-state index contributed by atoms with van der Waals surface area (Å²) in [5.74, 6) is 7.09. The number of anilines is 2. The second kappa shape index (κ2) is 6.21. The molecule has 1 atom stereocenters. The molecule has 15 heavy (non-hydrogen) atoms. The number of aliphatic hydroxyl groups is 1. The van der Waals surface area contributed by atoms with Gasteiger partial charge < -0.3 is 15.8 Å². The Hall–Kier alpha value is -1.33. The third-order valence-corrected chi connectivity index (χ3v) is 2.15. The Balaban J connectivity index is 2.43. The number of nitrogens with two attached hydrogens (primary N) is 1. The molecular formula is C10H18N4O. The number of rotatable bonds is 6. The van der Waals surface area contributed by atoms with Gasteiger partial charge in [0.25, 0.3) is 0 Å². The summed E-state index contributed by atoms with van der Waals surface area (Å²) in [5.41, 5.74) is 2.49. The van der Waals surface area contributed by atoms with Gasteiger partial charge in [-0.25, -0.2) is 10.8 Å². The maximum absolute atomic E-state index is 8.75. The number of nitrogens with one attached hydrogen (secondary N) is 2. The van der Waals surface area contributed by atoms with Crippen molar-refractivity contribution in [1.82, 2.24) is 4.98 Å². The molecule has 0 saturated carbocycles. The average molecular weight is 210 g/mol. The maximum Gasteiger partial charge on any atom is 0.142 e. The lowest BCUT2D eigenvalue weighted by Gasteiger charge is -2.12. The smallest absolute Gasteiger partial charge is 0.142 e. The highest BCUT2D eigenvalue weighted by Crippen LogP contribution is 2.09. The van der Waals surface area contributed by atoms with E-state index in [9.17, 15) is 0 Å². The molecule has 0 fully saturated rings. The van der Waals surface area contributed by atoms with Crippen molar-refractivity contribution in [2.45, 2.75) is 13.3 Å². The van der Waals surface area contributed by atoms with Crippen molar-refractivity contribution in [3.63, 3.8) is 0 Å². The molecule has 0 aromatic carbocycles. The van der Waals surface area contributed by atoms with Crippen LogP contribution in [-0.4, -0.2) is 23.2 Å². The van der Waals surface area contributed by atoms with Crippen LogP contribution in [0.4, 0.5) is 11.6 Å². The topological polar surface area (TPSA) is 83.2 Å². The van der Waals surface area contributed by atoms with E-state index in [1.165, 1.54) is 0 Å². The van der Waals surface area contributed by atoms with E-state index >= 15 is 0 Å². The molecule has 0 saturated heterocycles. The number of aliphatic hydroxyl groups excluding tert-OH is 1. The van der Waals surface area contributed by atoms with Gasteiger partial charge in [-0.2, -0.15) is 0 Å². The SMILES string of the molecule is CC(CCO)CNc1cccc(NN)n1. The normalized spacial score (nSPS) is 12.2. The number of pyridine rings is 1. The van der Waals surface area contributed by atoms with Gasteiger partial charge in [0, 0.05) is 13.2 Å². The van der Waals surface area contributed by atoms with E-state index in [4.69, 9.17) is 10.9 Å². The second-order valence-corrected chi connectivity index (χ2v) is 3.55. The van der Waals surface area contributed by atoms with Gasteiger partial charge in [-0.15, -0.1) is 0 Å². The second-order valence-electron chi connectivity index (χ2n) is 3.55. The Bertz CT molecular complexity index is 293. The van der Waals surface area contributed by atoms with E-state index in [-0.39, 0.29) is 6.61 Å². The van der Waals surface area contributed by atoms with Crippen molar-refractivity contribution in [2.75, 3.05) is 23.9 Å². The van der Waals surface area contributed by atoms with Gasteiger partial charge >= 0.3 is 0 Å².